The van der Waals surface area contributed by atoms with Crippen LogP contribution in [0.15, 0.2) is 72.8 Å². The fourth-order valence-corrected chi connectivity index (χ4v) is 4.50. The van der Waals surface area contributed by atoms with Gasteiger partial charge in [-0.25, -0.2) is 8.78 Å². The first-order valence-corrected chi connectivity index (χ1v) is 13.3. The van der Waals surface area contributed by atoms with Crippen molar-refractivity contribution >= 4 is 58.4 Å². The van der Waals surface area contributed by atoms with E-state index in [1.165, 1.54) is 38.5 Å². The summed E-state index contributed by atoms with van der Waals surface area (Å²) in [6.07, 6.45) is 0. The minimum absolute atomic E-state index is 0.0699. The lowest BCUT2D eigenvalue weighted by Gasteiger charge is -2.14. The van der Waals surface area contributed by atoms with Crippen LogP contribution in [-0.4, -0.2) is 45.6 Å². The van der Waals surface area contributed by atoms with Gasteiger partial charge in [-0.05, 0) is 59.0 Å². The number of ether oxygens (including phenoxy) is 4. The largest absolute Gasteiger partial charge is 0.496 e. The van der Waals surface area contributed by atoms with Gasteiger partial charge in [-0.15, -0.1) is 0 Å². The Labute approximate surface area is 255 Å². The standard InChI is InChI=1S/C14H12ClFO2.C8H9IO2.C6H5BClFO2/c1-17-11-7-4-8-12(18-2)13(11)9-5-3-6-10(15)14(9)16;1-10-6-4-3-5-7(11-2)8(6)9;8-5-3-1-2-4(6(5)9)7(10)11/h3-8H,1-2H3;3-5H,1-2H3;1-3,10-11H. The smallest absolute Gasteiger partial charge is 0.491 e. The van der Waals surface area contributed by atoms with Gasteiger partial charge in [0.2, 0.25) is 0 Å². The van der Waals surface area contributed by atoms with Crippen molar-refractivity contribution in [3.05, 3.63) is 98.0 Å². The molecule has 2 N–H and O–H groups in total. The van der Waals surface area contributed by atoms with Crippen LogP contribution in [0.1, 0.15) is 0 Å². The second-order valence-electron chi connectivity index (χ2n) is 7.63. The van der Waals surface area contributed by atoms with Crippen molar-refractivity contribution in [2.45, 2.75) is 0 Å². The highest BCUT2D eigenvalue weighted by Gasteiger charge is 2.18. The molecule has 0 saturated carbocycles. The molecule has 0 saturated heterocycles. The second-order valence-corrected chi connectivity index (χ2v) is 9.53. The van der Waals surface area contributed by atoms with Gasteiger partial charge in [0.05, 0.1) is 47.6 Å². The van der Waals surface area contributed by atoms with Gasteiger partial charge in [0, 0.05) is 11.0 Å². The van der Waals surface area contributed by atoms with Crippen LogP contribution in [0.2, 0.25) is 10.0 Å². The van der Waals surface area contributed by atoms with Crippen molar-refractivity contribution in [3.63, 3.8) is 0 Å². The molecule has 4 aromatic carbocycles. The Kier molecular flexibility index (Phi) is 13.8. The van der Waals surface area contributed by atoms with E-state index in [2.05, 4.69) is 22.6 Å². The zero-order valence-electron chi connectivity index (χ0n) is 21.9. The molecule has 4 aromatic rings. The van der Waals surface area contributed by atoms with E-state index in [0.29, 0.717) is 22.6 Å². The zero-order valence-corrected chi connectivity index (χ0v) is 25.6. The van der Waals surface area contributed by atoms with Crippen molar-refractivity contribution in [1.82, 2.24) is 0 Å². The van der Waals surface area contributed by atoms with E-state index in [-0.39, 0.29) is 15.5 Å². The summed E-state index contributed by atoms with van der Waals surface area (Å²) >= 11 is 13.3. The zero-order chi connectivity index (χ0) is 29.8. The maximum absolute atomic E-state index is 14.1. The topological polar surface area (TPSA) is 77.4 Å². The Hall–Kier alpha value is -2.77. The normalized spacial score (nSPS) is 9.88. The number of benzene rings is 4. The van der Waals surface area contributed by atoms with Gasteiger partial charge in [0.15, 0.2) is 0 Å². The fraction of sp³-hybridized carbons (Fsp3) is 0.143. The third-order valence-electron chi connectivity index (χ3n) is 5.28. The highest BCUT2D eigenvalue weighted by atomic mass is 127. The van der Waals surface area contributed by atoms with Gasteiger partial charge in [-0.2, -0.15) is 0 Å². The summed E-state index contributed by atoms with van der Waals surface area (Å²) in [6.45, 7) is 0. The molecular weight excluding hydrogens is 679 g/mol. The Balaban J connectivity index is 0.000000222. The summed E-state index contributed by atoms with van der Waals surface area (Å²) < 4.78 is 48.6. The van der Waals surface area contributed by atoms with E-state index in [9.17, 15) is 8.78 Å². The molecule has 0 atom stereocenters. The molecule has 0 aliphatic rings. The molecule has 0 radical (unpaired) electrons. The van der Waals surface area contributed by atoms with Gasteiger partial charge in [-0.1, -0.05) is 59.6 Å². The van der Waals surface area contributed by atoms with E-state index < -0.39 is 18.8 Å². The first-order valence-electron chi connectivity index (χ1n) is 11.4. The van der Waals surface area contributed by atoms with Crippen molar-refractivity contribution in [1.29, 1.82) is 0 Å². The van der Waals surface area contributed by atoms with Crippen molar-refractivity contribution in [2.75, 3.05) is 28.4 Å². The minimum Gasteiger partial charge on any atom is -0.496 e. The van der Waals surface area contributed by atoms with Crippen LogP contribution in [0.5, 0.6) is 23.0 Å². The number of hydrogen-bond donors (Lipinski definition) is 2. The molecule has 12 heteroatoms. The Morgan fingerprint density at radius 1 is 0.625 bits per heavy atom. The molecule has 0 aromatic heterocycles. The number of rotatable bonds is 6. The molecule has 0 unspecified atom stereocenters. The maximum Gasteiger partial charge on any atom is 0.491 e. The van der Waals surface area contributed by atoms with Gasteiger partial charge in [0.25, 0.3) is 0 Å². The van der Waals surface area contributed by atoms with Gasteiger partial charge in [-0.3, -0.25) is 0 Å². The molecular formula is C28H26BCl2F2IO6. The van der Waals surface area contributed by atoms with Crippen molar-refractivity contribution < 1.29 is 37.8 Å². The fourth-order valence-electron chi connectivity index (χ4n) is 3.34. The molecule has 0 amide bonds. The van der Waals surface area contributed by atoms with E-state index in [4.69, 9.17) is 52.2 Å². The summed E-state index contributed by atoms with van der Waals surface area (Å²) in [6, 6.07) is 19.9. The third-order valence-corrected chi connectivity index (χ3v) is 6.92. The lowest BCUT2D eigenvalue weighted by molar-refractivity contribution is 0.389. The molecule has 4 rings (SSSR count). The van der Waals surface area contributed by atoms with E-state index in [1.807, 2.05) is 18.2 Å². The van der Waals surface area contributed by atoms with Crippen LogP contribution in [0.3, 0.4) is 0 Å². The number of halogens is 5. The van der Waals surface area contributed by atoms with E-state index in [0.717, 1.165) is 15.1 Å². The molecule has 0 spiro atoms. The average molecular weight is 705 g/mol. The molecule has 0 aliphatic carbocycles. The van der Waals surface area contributed by atoms with Crippen molar-refractivity contribution in [3.8, 4) is 34.1 Å². The average Bonchev–Trinajstić information content (AvgIpc) is 2.96. The van der Waals surface area contributed by atoms with Crippen LogP contribution >= 0.6 is 45.8 Å². The quantitative estimate of drug-likeness (QED) is 0.173. The van der Waals surface area contributed by atoms with Crippen molar-refractivity contribution in [2.24, 2.45) is 0 Å². The van der Waals surface area contributed by atoms with Crippen LogP contribution in [0.25, 0.3) is 11.1 Å². The summed E-state index contributed by atoms with van der Waals surface area (Å²) in [5, 5.41) is 17.1. The Morgan fingerprint density at radius 3 is 1.45 bits per heavy atom. The lowest BCUT2D eigenvalue weighted by Crippen LogP contribution is -2.32. The predicted molar refractivity (Wildman–Crippen MR) is 163 cm³/mol. The van der Waals surface area contributed by atoms with Crippen LogP contribution in [-0.2, 0) is 0 Å². The lowest BCUT2D eigenvalue weighted by atomic mass is 9.80. The maximum atomic E-state index is 14.1. The number of hydrogen-bond acceptors (Lipinski definition) is 6. The third kappa shape index (κ3) is 8.62. The first-order chi connectivity index (χ1) is 19.1. The monoisotopic (exact) mass is 704 g/mol. The molecule has 212 valence electrons. The first kappa shape index (κ1) is 33.4. The summed E-state index contributed by atoms with van der Waals surface area (Å²) in [5.41, 5.74) is 0.705. The van der Waals surface area contributed by atoms with Crippen LogP contribution in [0.4, 0.5) is 8.78 Å². The van der Waals surface area contributed by atoms with Crippen LogP contribution < -0.4 is 24.4 Å². The Bertz CT molecular complexity index is 1370. The molecule has 0 bridgehead atoms. The molecule has 0 fully saturated rings. The summed E-state index contributed by atoms with van der Waals surface area (Å²) in [5.74, 6) is 1.51. The molecule has 6 nitrogen and oxygen atoms in total. The summed E-state index contributed by atoms with van der Waals surface area (Å²) in [4.78, 5) is 0. The van der Waals surface area contributed by atoms with Gasteiger partial charge in [0.1, 0.15) is 34.6 Å². The minimum atomic E-state index is -1.81. The number of methoxy groups -OCH3 is 4. The summed E-state index contributed by atoms with van der Waals surface area (Å²) in [7, 11) is 4.55. The molecule has 0 aliphatic heterocycles. The SMILES string of the molecule is COc1cccc(OC)c1-c1cccc(Cl)c1F.COc1cccc(OC)c1I.OB(O)c1cccc(Cl)c1F. The second kappa shape index (κ2) is 16.5. The Morgan fingerprint density at radius 2 is 1.02 bits per heavy atom. The van der Waals surface area contributed by atoms with E-state index in [1.54, 1.807) is 44.6 Å². The van der Waals surface area contributed by atoms with Gasteiger partial charge < -0.3 is 29.0 Å². The van der Waals surface area contributed by atoms with E-state index >= 15 is 0 Å². The van der Waals surface area contributed by atoms with Crippen LogP contribution in [0, 0.1) is 15.2 Å². The molecule has 40 heavy (non-hydrogen) atoms. The molecule has 0 heterocycles. The highest BCUT2D eigenvalue weighted by molar-refractivity contribution is 14.1. The van der Waals surface area contributed by atoms with Gasteiger partial charge >= 0.3 is 7.12 Å². The highest BCUT2D eigenvalue weighted by Crippen LogP contribution is 2.40. The predicted octanol–water partition coefficient (Wildman–Crippen LogP) is 6.63.